The first-order chi connectivity index (χ1) is 10.1. The minimum absolute atomic E-state index is 0.0413. The van der Waals surface area contributed by atoms with Crippen molar-refractivity contribution >= 4 is 11.4 Å². The first-order valence-corrected chi connectivity index (χ1v) is 6.86. The van der Waals surface area contributed by atoms with Crippen LogP contribution in [0.1, 0.15) is 31.4 Å². The maximum Gasteiger partial charge on any atom is 0.269 e. The van der Waals surface area contributed by atoms with Crippen molar-refractivity contribution in [3.63, 3.8) is 0 Å². The smallest absolute Gasteiger partial charge is 0.269 e. The number of nitro groups is 1. The zero-order valence-electron chi connectivity index (χ0n) is 11.8. The summed E-state index contributed by atoms with van der Waals surface area (Å²) in [5.74, 6) is -0.289. The van der Waals surface area contributed by atoms with Crippen LogP contribution in [0.2, 0.25) is 0 Å². The van der Waals surface area contributed by atoms with Gasteiger partial charge in [0.25, 0.3) is 5.69 Å². The highest BCUT2D eigenvalue weighted by atomic mass is 19.1. The lowest BCUT2D eigenvalue weighted by Crippen LogP contribution is -2.10. The van der Waals surface area contributed by atoms with E-state index in [0.29, 0.717) is 0 Å². The topological polar surface area (TPSA) is 55.2 Å². The SMILES string of the molecule is CCCC(Nc1ccc(F)cc1)c1cccc([N+](=O)[O-])c1. The number of nitrogens with one attached hydrogen (secondary N) is 1. The van der Waals surface area contributed by atoms with Gasteiger partial charge in [0.2, 0.25) is 0 Å². The Labute approximate surface area is 122 Å². The lowest BCUT2D eigenvalue weighted by Gasteiger charge is -2.19. The van der Waals surface area contributed by atoms with E-state index in [1.807, 2.05) is 6.07 Å². The Morgan fingerprint density at radius 1 is 1.24 bits per heavy atom. The molecule has 1 unspecified atom stereocenters. The number of anilines is 1. The van der Waals surface area contributed by atoms with Gasteiger partial charge in [-0.3, -0.25) is 10.1 Å². The molecule has 0 aliphatic heterocycles. The van der Waals surface area contributed by atoms with Crippen molar-refractivity contribution in [2.75, 3.05) is 5.32 Å². The molecular weight excluding hydrogens is 271 g/mol. The second-order valence-corrected chi connectivity index (χ2v) is 4.84. The summed E-state index contributed by atoms with van der Waals surface area (Å²) in [6, 6.07) is 12.7. The lowest BCUT2D eigenvalue weighted by molar-refractivity contribution is -0.384. The quantitative estimate of drug-likeness (QED) is 0.620. The van der Waals surface area contributed by atoms with E-state index in [-0.39, 0.29) is 17.5 Å². The highest BCUT2D eigenvalue weighted by Gasteiger charge is 2.14. The molecule has 0 aliphatic carbocycles. The number of rotatable bonds is 6. The van der Waals surface area contributed by atoms with Gasteiger partial charge in [0.15, 0.2) is 0 Å². The van der Waals surface area contributed by atoms with Crippen LogP contribution in [0.4, 0.5) is 15.8 Å². The van der Waals surface area contributed by atoms with E-state index < -0.39 is 4.92 Å². The van der Waals surface area contributed by atoms with Crippen LogP contribution in [0, 0.1) is 15.9 Å². The second kappa shape index (κ2) is 6.83. The Morgan fingerprint density at radius 3 is 2.57 bits per heavy atom. The summed E-state index contributed by atoms with van der Waals surface area (Å²) in [6.45, 7) is 2.05. The molecule has 0 saturated heterocycles. The maximum absolute atomic E-state index is 12.9. The zero-order valence-corrected chi connectivity index (χ0v) is 11.8. The first kappa shape index (κ1) is 15.0. The van der Waals surface area contributed by atoms with Crippen molar-refractivity contribution in [1.29, 1.82) is 0 Å². The van der Waals surface area contributed by atoms with E-state index in [1.165, 1.54) is 18.2 Å². The highest BCUT2D eigenvalue weighted by molar-refractivity contribution is 5.46. The zero-order chi connectivity index (χ0) is 15.2. The van der Waals surface area contributed by atoms with E-state index >= 15 is 0 Å². The summed E-state index contributed by atoms with van der Waals surface area (Å²) in [5, 5.41) is 14.2. The summed E-state index contributed by atoms with van der Waals surface area (Å²) < 4.78 is 12.9. The molecule has 0 radical (unpaired) electrons. The molecule has 0 aliphatic rings. The minimum atomic E-state index is -0.398. The summed E-state index contributed by atoms with van der Waals surface area (Å²) in [7, 11) is 0. The lowest BCUT2D eigenvalue weighted by atomic mass is 10.0. The Hall–Kier alpha value is -2.43. The van der Waals surface area contributed by atoms with Gasteiger partial charge in [-0.2, -0.15) is 0 Å². The average molecular weight is 288 g/mol. The van der Waals surface area contributed by atoms with E-state index in [1.54, 1.807) is 24.3 Å². The van der Waals surface area contributed by atoms with Gasteiger partial charge in [0.1, 0.15) is 5.82 Å². The van der Waals surface area contributed by atoms with Gasteiger partial charge in [-0.15, -0.1) is 0 Å². The first-order valence-electron chi connectivity index (χ1n) is 6.86. The number of nitrogens with zero attached hydrogens (tertiary/aromatic N) is 1. The average Bonchev–Trinajstić information content (AvgIpc) is 2.49. The summed E-state index contributed by atoms with van der Waals surface area (Å²) in [4.78, 5) is 10.5. The van der Waals surface area contributed by atoms with E-state index in [4.69, 9.17) is 0 Å². The highest BCUT2D eigenvalue weighted by Crippen LogP contribution is 2.26. The normalized spacial score (nSPS) is 11.9. The van der Waals surface area contributed by atoms with Crippen LogP contribution < -0.4 is 5.32 Å². The fraction of sp³-hybridized carbons (Fsp3) is 0.250. The third-order valence-electron chi connectivity index (χ3n) is 3.25. The molecular formula is C16H17FN2O2. The van der Waals surface area contributed by atoms with Crippen molar-refractivity contribution < 1.29 is 9.31 Å². The van der Waals surface area contributed by atoms with Crippen LogP contribution >= 0.6 is 0 Å². The van der Waals surface area contributed by atoms with Gasteiger partial charge in [-0.05, 0) is 36.2 Å². The molecule has 0 bridgehead atoms. The van der Waals surface area contributed by atoms with Crippen LogP contribution in [0.25, 0.3) is 0 Å². The summed E-state index contributed by atoms with van der Waals surface area (Å²) in [5.41, 5.74) is 1.73. The number of hydrogen-bond donors (Lipinski definition) is 1. The number of halogens is 1. The van der Waals surface area contributed by atoms with Crippen molar-refractivity contribution in [1.82, 2.24) is 0 Å². The largest absolute Gasteiger partial charge is 0.378 e. The van der Waals surface area contributed by atoms with Gasteiger partial charge in [-0.25, -0.2) is 4.39 Å². The number of benzene rings is 2. The Kier molecular flexibility index (Phi) is 4.87. The second-order valence-electron chi connectivity index (χ2n) is 4.84. The molecule has 5 heteroatoms. The summed E-state index contributed by atoms with van der Waals surface area (Å²) >= 11 is 0. The van der Waals surface area contributed by atoms with Crippen molar-refractivity contribution in [2.24, 2.45) is 0 Å². The fourth-order valence-electron chi connectivity index (χ4n) is 2.21. The van der Waals surface area contributed by atoms with Crippen LogP contribution in [0.3, 0.4) is 0 Å². The van der Waals surface area contributed by atoms with Gasteiger partial charge >= 0.3 is 0 Å². The monoisotopic (exact) mass is 288 g/mol. The molecule has 4 nitrogen and oxygen atoms in total. The fourth-order valence-corrected chi connectivity index (χ4v) is 2.21. The molecule has 0 fully saturated rings. The third-order valence-corrected chi connectivity index (χ3v) is 3.25. The van der Waals surface area contributed by atoms with Gasteiger partial charge in [-0.1, -0.05) is 25.5 Å². The standard InChI is InChI=1S/C16H17FN2O2/c1-2-4-16(18-14-9-7-13(17)8-10-14)12-5-3-6-15(11-12)19(20)21/h3,5-11,16,18H,2,4H2,1H3. The van der Waals surface area contributed by atoms with Crippen LogP contribution in [-0.4, -0.2) is 4.92 Å². The van der Waals surface area contributed by atoms with Gasteiger partial charge in [0, 0.05) is 17.8 Å². The van der Waals surface area contributed by atoms with Crippen molar-refractivity contribution in [3.05, 3.63) is 70.0 Å². The molecule has 0 aromatic heterocycles. The molecule has 0 heterocycles. The number of nitro benzene ring substituents is 1. The molecule has 2 aromatic rings. The molecule has 1 N–H and O–H groups in total. The molecule has 0 spiro atoms. The van der Waals surface area contributed by atoms with E-state index in [0.717, 1.165) is 24.1 Å². The predicted octanol–water partition coefficient (Wildman–Crippen LogP) is 4.69. The van der Waals surface area contributed by atoms with Gasteiger partial charge in [0.05, 0.1) is 11.0 Å². The van der Waals surface area contributed by atoms with Crippen molar-refractivity contribution in [2.45, 2.75) is 25.8 Å². The maximum atomic E-state index is 12.9. The van der Waals surface area contributed by atoms with Gasteiger partial charge < -0.3 is 5.32 Å². The molecule has 1 atom stereocenters. The van der Waals surface area contributed by atoms with Crippen molar-refractivity contribution in [3.8, 4) is 0 Å². The van der Waals surface area contributed by atoms with Crippen LogP contribution in [0.5, 0.6) is 0 Å². The molecule has 0 amide bonds. The van der Waals surface area contributed by atoms with E-state index in [2.05, 4.69) is 12.2 Å². The molecule has 2 aromatic carbocycles. The predicted molar refractivity (Wildman–Crippen MR) is 80.8 cm³/mol. The molecule has 21 heavy (non-hydrogen) atoms. The molecule has 2 rings (SSSR count). The third kappa shape index (κ3) is 4.02. The Morgan fingerprint density at radius 2 is 1.95 bits per heavy atom. The molecule has 0 saturated carbocycles. The number of hydrogen-bond acceptors (Lipinski definition) is 3. The number of non-ortho nitro benzene ring substituents is 1. The van der Waals surface area contributed by atoms with E-state index in [9.17, 15) is 14.5 Å². The minimum Gasteiger partial charge on any atom is -0.378 e. The molecule has 110 valence electrons. The van der Waals surface area contributed by atoms with Crippen LogP contribution in [-0.2, 0) is 0 Å². The Balaban J connectivity index is 2.23. The Bertz CT molecular complexity index is 614. The van der Waals surface area contributed by atoms with Crippen LogP contribution in [0.15, 0.2) is 48.5 Å². The summed E-state index contributed by atoms with van der Waals surface area (Å²) in [6.07, 6.45) is 1.76.